The predicted molar refractivity (Wildman–Crippen MR) is 89.6 cm³/mol. The minimum Gasteiger partial charge on any atom is -0.398 e. The number of benzene rings is 2. The lowest BCUT2D eigenvalue weighted by Gasteiger charge is -2.18. The maximum Gasteiger partial charge on any atom is 0.0485 e. The van der Waals surface area contributed by atoms with Crippen LogP contribution in [0.25, 0.3) is 10.8 Å². The van der Waals surface area contributed by atoms with Crippen LogP contribution in [0.15, 0.2) is 54.9 Å². The monoisotopic (exact) mass is 297 g/mol. The zero-order valence-electron chi connectivity index (χ0n) is 11.7. The number of halogens is 1. The number of hydrogen-bond acceptors (Lipinski definition) is 3. The summed E-state index contributed by atoms with van der Waals surface area (Å²) in [7, 11) is 0. The fourth-order valence-electron chi connectivity index (χ4n) is 2.41. The van der Waals surface area contributed by atoms with Gasteiger partial charge in [0.1, 0.15) is 0 Å². The van der Waals surface area contributed by atoms with Crippen molar-refractivity contribution >= 4 is 33.7 Å². The molecule has 3 N–H and O–H groups in total. The molecule has 0 aliphatic carbocycles. The first kappa shape index (κ1) is 13.7. The maximum absolute atomic E-state index is 6.01. The Labute approximate surface area is 128 Å². The van der Waals surface area contributed by atoms with Crippen LogP contribution in [-0.4, -0.2) is 4.98 Å². The van der Waals surface area contributed by atoms with Crippen molar-refractivity contribution in [2.24, 2.45) is 0 Å². The van der Waals surface area contributed by atoms with Gasteiger partial charge in [-0.2, -0.15) is 0 Å². The molecule has 0 saturated carbocycles. The van der Waals surface area contributed by atoms with Crippen molar-refractivity contribution < 1.29 is 0 Å². The van der Waals surface area contributed by atoms with Gasteiger partial charge < -0.3 is 11.1 Å². The van der Waals surface area contributed by atoms with Crippen molar-refractivity contribution in [1.29, 1.82) is 0 Å². The Hall–Kier alpha value is -2.26. The molecule has 0 spiro atoms. The zero-order chi connectivity index (χ0) is 14.8. The Morgan fingerprint density at radius 2 is 1.81 bits per heavy atom. The maximum atomic E-state index is 6.01. The number of pyridine rings is 1. The smallest absolute Gasteiger partial charge is 0.0485 e. The minimum atomic E-state index is 0.161. The number of anilines is 2. The third kappa shape index (κ3) is 2.78. The summed E-state index contributed by atoms with van der Waals surface area (Å²) in [5, 5.41) is 6.29. The number of hydrogen-bond donors (Lipinski definition) is 2. The van der Waals surface area contributed by atoms with Crippen molar-refractivity contribution in [3.05, 3.63) is 65.4 Å². The molecule has 0 saturated heterocycles. The number of nitrogens with two attached hydrogens (primary N) is 1. The van der Waals surface area contributed by atoms with Crippen LogP contribution in [0.5, 0.6) is 0 Å². The van der Waals surface area contributed by atoms with Gasteiger partial charge in [0, 0.05) is 45.6 Å². The lowest BCUT2D eigenvalue weighted by Crippen LogP contribution is -2.07. The first-order chi connectivity index (χ1) is 10.1. The molecule has 1 aromatic heterocycles. The highest BCUT2D eigenvalue weighted by molar-refractivity contribution is 6.30. The average molecular weight is 298 g/mol. The lowest BCUT2D eigenvalue weighted by atomic mass is 10.1. The van der Waals surface area contributed by atoms with E-state index in [9.17, 15) is 0 Å². The third-order valence-corrected chi connectivity index (χ3v) is 3.85. The summed E-state index contributed by atoms with van der Waals surface area (Å²) in [6.07, 6.45) is 3.59. The van der Waals surface area contributed by atoms with Crippen LogP contribution in [-0.2, 0) is 0 Å². The summed E-state index contributed by atoms with van der Waals surface area (Å²) >= 11 is 5.93. The average Bonchev–Trinajstić information content (AvgIpc) is 2.51. The highest BCUT2D eigenvalue weighted by atomic mass is 35.5. The van der Waals surface area contributed by atoms with Gasteiger partial charge in [-0.1, -0.05) is 23.7 Å². The molecule has 1 unspecified atom stereocenters. The number of rotatable bonds is 3. The van der Waals surface area contributed by atoms with Crippen molar-refractivity contribution in [2.75, 3.05) is 11.1 Å². The molecule has 0 amide bonds. The van der Waals surface area contributed by atoms with Gasteiger partial charge in [0.25, 0.3) is 0 Å². The molecule has 1 atom stereocenters. The van der Waals surface area contributed by atoms with Crippen LogP contribution in [0.2, 0.25) is 5.02 Å². The summed E-state index contributed by atoms with van der Waals surface area (Å²) in [4.78, 5) is 4.19. The molecule has 0 aliphatic rings. The molecule has 3 aromatic rings. The van der Waals surface area contributed by atoms with Gasteiger partial charge in [-0.15, -0.1) is 0 Å². The Bertz CT molecular complexity index is 769. The van der Waals surface area contributed by atoms with E-state index in [2.05, 4.69) is 17.2 Å². The van der Waals surface area contributed by atoms with Gasteiger partial charge in [0.2, 0.25) is 0 Å². The number of nitrogen functional groups attached to an aromatic ring is 1. The van der Waals surface area contributed by atoms with Crippen molar-refractivity contribution in [3.8, 4) is 0 Å². The summed E-state index contributed by atoms with van der Waals surface area (Å²) in [5.41, 5.74) is 8.97. The lowest BCUT2D eigenvalue weighted by molar-refractivity contribution is 0.887. The second-order valence-corrected chi connectivity index (χ2v) is 5.48. The van der Waals surface area contributed by atoms with Gasteiger partial charge in [-0.3, -0.25) is 4.98 Å². The second-order valence-electron chi connectivity index (χ2n) is 5.04. The highest BCUT2D eigenvalue weighted by Crippen LogP contribution is 2.30. The molecule has 2 aromatic carbocycles. The van der Waals surface area contributed by atoms with Gasteiger partial charge in [0.05, 0.1) is 0 Å². The molecule has 3 nitrogen and oxygen atoms in total. The first-order valence-corrected chi connectivity index (χ1v) is 7.17. The summed E-state index contributed by atoms with van der Waals surface area (Å²) < 4.78 is 0. The van der Waals surface area contributed by atoms with Crippen LogP contribution >= 0.6 is 11.6 Å². The van der Waals surface area contributed by atoms with Gasteiger partial charge >= 0.3 is 0 Å². The first-order valence-electron chi connectivity index (χ1n) is 6.79. The normalized spacial score (nSPS) is 12.3. The number of aromatic nitrogens is 1. The summed E-state index contributed by atoms with van der Waals surface area (Å²) in [6.45, 7) is 2.11. The molecule has 0 radical (unpaired) electrons. The molecule has 4 heteroatoms. The zero-order valence-corrected chi connectivity index (χ0v) is 12.4. The fourth-order valence-corrected chi connectivity index (χ4v) is 2.53. The van der Waals surface area contributed by atoms with Gasteiger partial charge in [0.15, 0.2) is 0 Å². The second kappa shape index (κ2) is 5.62. The number of nitrogens with zero attached hydrogens (tertiary/aromatic N) is 1. The molecule has 0 bridgehead atoms. The molecule has 1 heterocycles. The molecular weight excluding hydrogens is 282 g/mol. The Balaban J connectivity index is 1.95. The van der Waals surface area contributed by atoms with E-state index in [4.69, 9.17) is 17.3 Å². The predicted octanol–water partition coefficient (Wildman–Crippen LogP) is 4.64. The molecule has 106 valence electrons. The molecular formula is C17H16ClN3. The van der Waals surface area contributed by atoms with Crippen LogP contribution in [0.4, 0.5) is 11.4 Å². The minimum absolute atomic E-state index is 0.161. The van der Waals surface area contributed by atoms with E-state index < -0.39 is 0 Å². The van der Waals surface area contributed by atoms with E-state index in [0.29, 0.717) is 0 Å². The van der Waals surface area contributed by atoms with Crippen LogP contribution in [0.3, 0.4) is 0 Å². The molecule has 21 heavy (non-hydrogen) atoms. The Kier molecular flexibility index (Phi) is 3.67. The van der Waals surface area contributed by atoms with Crippen LogP contribution in [0, 0.1) is 0 Å². The Morgan fingerprint density at radius 1 is 1.05 bits per heavy atom. The quantitative estimate of drug-likeness (QED) is 0.692. The highest BCUT2D eigenvalue weighted by Gasteiger charge is 2.09. The van der Waals surface area contributed by atoms with Crippen molar-refractivity contribution in [1.82, 2.24) is 4.98 Å². The third-order valence-electron chi connectivity index (χ3n) is 3.59. The van der Waals surface area contributed by atoms with E-state index in [1.54, 1.807) is 6.20 Å². The largest absolute Gasteiger partial charge is 0.398 e. The standard InChI is InChI=1S/C17H16ClN3/c1-11(12-2-4-13(18)5-3-12)21-17-7-6-16(19)14-8-9-20-10-15(14)17/h2-11,21H,19H2,1H3. The van der Waals surface area contributed by atoms with Gasteiger partial charge in [-0.05, 0) is 42.8 Å². The SMILES string of the molecule is CC(Nc1ccc(N)c2ccncc12)c1ccc(Cl)cc1. The molecule has 0 fully saturated rings. The summed E-state index contributed by atoms with van der Waals surface area (Å²) in [5.74, 6) is 0. The van der Waals surface area contributed by atoms with Gasteiger partial charge in [-0.25, -0.2) is 0 Å². The van der Waals surface area contributed by atoms with Crippen molar-refractivity contribution in [3.63, 3.8) is 0 Å². The number of nitrogens with one attached hydrogen (secondary N) is 1. The van der Waals surface area contributed by atoms with E-state index in [1.807, 2.05) is 48.7 Å². The van der Waals surface area contributed by atoms with Crippen molar-refractivity contribution in [2.45, 2.75) is 13.0 Å². The Morgan fingerprint density at radius 3 is 2.57 bits per heavy atom. The molecule has 0 aliphatic heterocycles. The molecule has 3 rings (SSSR count). The summed E-state index contributed by atoms with van der Waals surface area (Å²) in [6, 6.07) is 13.9. The van der Waals surface area contributed by atoms with E-state index >= 15 is 0 Å². The van der Waals surface area contributed by atoms with Crippen LogP contribution in [0.1, 0.15) is 18.5 Å². The van der Waals surface area contributed by atoms with Crippen LogP contribution < -0.4 is 11.1 Å². The number of fused-ring (bicyclic) bond motifs is 1. The topological polar surface area (TPSA) is 50.9 Å². The fraction of sp³-hybridized carbons (Fsp3) is 0.118. The van der Waals surface area contributed by atoms with E-state index in [0.717, 1.165) is 27.2 Å². The van der Waals surface area contributed by atoms with E-state index in [-0.39, 0.29) is 6.04 Å². The van der Waals surface area contributed by atoms with E-state index in [1.165, 1.54) is 5.56 Å².